The summed E-state index contributed by atoms with van der Waals surface area (Å²) in [5.41, 5.74) is 4.44. The Kier molecular flexibility index (Phi) is 11.0. The molecular weight excluding hydrogens is 594 g/mol. The number of nitrogens with zero attached hydrogens (tertiary/aromatic N) is 3. The molecule has 252 valence electrons. The molecule has 1 aromatic carbocycles. The van der Waals surface area contributed by atoms with Crippen molar-refractivity contribution in [1.82, 2.24) is 9.88 Å². The van der Waals surface area contributed by atoms with Crippen molar-refractivity contribution in [1.29, 1.82) is 0 Å². The number of carbonyl (C=O) groups is 2. The van der Waals surface area contributed by atoms with Gasteiger partial charge < -0.3 is 24.3 Å². The Morgan fingerprint density at radius 1 is 1.02 bits per heavy atom. The second-order valence-corrected chi connectivity index (χ2v) is 14.0. The van der Waals surface area contributed by atoms with Crippen LogP contribution in [0.2, 0.25) is 0 Å². The van der Waals surface area contributed by atoms with Gasteiger partial charge in [0, 0.05) is 55.2 Å². The highest BCUT2D eigenvalue weighted by atomic mass is 16.6. The SMILES string of the molecule is COc1ccc([C@@H](CCCN(CCCc2ccc3c([n+]2[O-])CCCC32CC2)C(=O)OCc2ccccc2)CC(=O)OC(C)(C)C)cn1. The van der Waals surface area contributed by atoms with E-state index in [-0.39, 0.29) is 36.4 Å². The maximum absolute atomic E-state index is 13.4. The fourth-order valence-corrected chi connectivity index (χ4v) is 6.74. The average Bonchev–Trinajstić information content (AvgIpc) is 3.83. The monoisotopic (exact) mass is 643 g/mol. The maximum Gasteiger partial charge on any atom is 0.410 e. The van der Waals surface area contributed by atoms with Crippen molar-refractivity contribution in [2.45, 2.75) is 109 Å². The Morgan fingerprint density at radius 3 is 2.47 bits per heavy atom. The van der Waals surface area contributed by atoms with Crippen molar-refractivity contribution in [3.63, 3.8) is 0 Å². The van der Waals surface area contributed by atoms with Crippen LogP contribution in [0.1, 0.15) is 106 Å². The van der Waals surface area contributed by atoms with Gasteiger partial charge in [-0.1, -0.05) is 36.4 Å². The van der Waals surface area contributed by atoms with Gasteiger partial charge in [0.2, 0.25) is 5.88 Å². The molecule has 2 aromatic heterocycles. The highest BCUT2D eigenvalue weighted by molar-refractivity contribution is 5.71. The van der Waals surface area contributed by atoms with Crippen LogP contribution >= 0.6 is 0 Å². The normalized spacial score (nSPS) is 15.4. The minimum atomic E-state index is -0.585. The molecular formula is C38H49N3O6. The van der Waals surface area contributed by atoms with E-state index >= 15 is 0 Å². The molecule has 0 radical (unpaired) electrons. The van der Waals surface area contributed by atoms with E-state index in [9.17, 15) is 14.8 Å². The molecule has 0 bridgehead atoms. The summed E-state index contributed by atoms with van der Waals surface area (Å²) >= 11 is 0. The molecule has 1 fully saturated rings. The molecule has 0 unspecified atom stereocenters. The van der Waals surface area contributed by atoms with E-state index in [1.54, 1.807) is 24.3 Å². The molecule has 2 aliphatic carbocycles. The van der Waals surface area contributed by atoms with Gasteiger partial charge in [0.1, 0.15) is 12.2 Å². The highest BCUT2D eigenvalue weighted by Crippen LogP contribution is 2.54. The van der Waals surface area contributed by atoms with Crippen LogP contribution in [0.5, 0.6) is 5.88 Å². The first-order valence-electron chi connectivity index (χ1n) is 17.0. The molecule has 0 saturated heterocycles. The van der Waals surface area contributed by atoms with Crippen LogP contribution in [0.3, 0.4) is 0 Å². The molecule has 3 aromatic rings. The third-order valence-corrected chi connectivity index (χ3v) is 9.33. The third-order valence-electron chi connectivity index (χ3n) is 9.33. The van der Waals surface area contributed by atoms with Crippen LogP contribution in [0.25, 0.3) is 0 Å². The number of esters is 1. The van der Waals surface area contributed by atoms with Gasteiger partial charge in [-0.15, -0.1) is 0 Å². The number of aryl methyl sites for hydroxylation is 1. The Labute approximate surface area is 278 Å². The number of benzene rings is 1. The summed E-state index contributed by atoms with van der Waals surface area (Å²) in [4.78, 5) is 32.3. The molecule has 9 heteroatoms. The number of carbonyl (C=O) groups excluding carboxylic acids is 2. The summed E-state index contributed by atoms with van der Waals surface area (Å²) < 4.78 is 17.7. The predicted octanol–water partition coefficient (Wildman–Crippen LogP) is 6.96. The lowest BCUT2D eigenvalue weighted by atomic mass is 9.82. The summed E-state index contributed by atoms with van der Waals surface area (Å²) in [7, 11) is 1.57. The van der Waals surface area contributed by atoms with E-state index in [1.165, 1.54) is 24.8 Å². The molecule has 1 spiro atoms. The van der Waals surface area contributed by atoms with E-state index < -0.39 is 5.60 Å². The second kappa shape index (κ2) is 15.2. The number of amides is 1. The van der Waals surface area contributed by atoms with Crippen molar-refractivity contribution in [3.05, 3.63) is 94.1 Å². The lowest BCUT2D eigenvalue weighted by Crippen LogP contribution is -2.41. The quantitative estimate of drug-likeness (QED) is 0.106. The number of rotatable bonds is 14. The van der Waals surface area contributed by atoms with Crippen LogP contribution < -0.4 is 9.47 Å². The van der Waals surface area contributed by atoms with Crippen LogP contribution in [0.4, 0.5) is 4.79 Å². The Balaban J connectivity index is 1.24. The van der Waals surface area contributed by atoms with Crippen molar-refractivity contribution in [2.75, 3.05) is 20.2 Å². The molecule has 5 rings (SSSR count). The molecule has 47 heavy (non-hydrogen) atoms. The molecule has 0 aliphatic heterocycles. The summed E-state index contributed by atoms with van der Waals surface area (Å²) in [5.74, 6) is 0.0821. The topological polar surface area (TPSA) is 105 Å². The number of pyridine rings is 2. The first-order valence-corrected chi connectivity index (χ1v) is 17.0. The Bertz CT molecular complexity index is 1500. The summed E-state index contributed by atoms with van der Waals surface area (Å²) in [6.07, 6.45) is 9.51. The number of hydrogen-bond donors (Lipinski definition) is 0. The van der Waals surface area contributed by atoms with E-state index in [0.717, 1.165) is 40.1 Å². The van der Waals surface area contributed by atoms with Crippen LogP contribution in [-0.2, 0) is 39.1 Å². The lowest BCUT2D eigenvalue weighted by Gasteiger charge is -2.25. The van der Waals surface area contributed by atoms with Gasteiger partial charge in [0.05, 0.1) is 13.5 Å². The second-order valence-electron chi connectivity index (χ2n) is 14.0. The summed E-state index contributed by atoms with van der Waals surface area (Å²) in [6.45, 7) is 6.66. The smallest absolute Gasteiger partial charge is 0.410 e. The summed E-state index contributed by atoms with van der Waals surface area (Å²) in [5, 5.41) is 13.4. The van der Waals surface area contributed by atoms with Gasteiger partial charge in [0.15, 0.2) is 11.4 Å². The molecule has 1 atom stereocenters. The van der Waals surface area contributed by atoms with Crippen LogP contribution in [-0.4, -0.2) is 47.7 Å². The largest absolute Gasteiger partial charge is 0.618 e. The van der Waals surface area contributed by atoms with Crippen molar-refractivity contribution >= 4 is 12.1 Å². The summed E-state index contributed by atoms with van der Waals surface area (Å²) in [6, 6.07) is 17.5. The number of fused-ring (bicyclic) bond motifs is 2. The fourth-order valence-electron chi connectivity index (χ4n) is 6.74. The van der Waals surface area contributed by atoms with Gasteiger partial charge in [0.25, 0.3) is 0 Å². The van der Waals surface area contributed by atoms with Crippen molar-refractivity contribution < 1.29 is 28.5 Å². The third kappa shape index (κ3) is 9.24. The molecule has 2 aliphatic rings. The maximum atomic E-state index is 13.4. The van der Waals surface area contributed by atoms with Crippen LogP contribution in [0.15, 0.2) is 60.8 Å². The van der Waals surface area contributed by atoms with E-state index in [1.807, 2.05) is 63.2 Å². The van der Waals surface area contributed by atoms with Gasteiger partial charge in [-0.2, -0.15) is 4.73 Å². The average molecular weight is 644 g/mol. The number of aromatic nitrogens is 2. The first-order chi connectivity index (χ1) is 22.6. The first kappa shape index (κ1) is 34.2. The Morgan fingerprint density at radius 2 is 1.79 bits per heavy atom. The van der Waals surface area contributed by atoms with Gasteiger partial charge in [-0.25, -0.2) is 9.78 Å². The fraction of sp³-hybridized carbons (Fsp3) is 0.526. The minimum Gasteiger partial charge on any atom is -0.618 e. The molecule has 2 heterocycles. The zero-order chi connectivity index (χ0) is 33.4. The number of hydrogen-bond acceptors (Lipinski definition) is 7. The van der Waals surface area contributed by atoms with Gasteiger partial charge in [-0.3, -0.25) is 4.79 Å². The van der Waals surface area contributed by atoms with E-state index in [2.05, 4.69) is 11.1 Å². The van der Waals surface area contributed by atoms with Gasteiger partial charge >= 0.3 is 12.1 Å². The molecule has 9 nitrogen and oxygen atoms in total. The Hall–Kier alpha value is -4.14. The van der Waals surface area contributed by atoms with Crippen LogP contribution in [0, 0.1) is 5.21 Å². The van der Waals surface area contributed by atoms with Crippen molar-refractivity contribution in [3.8, 4) is 5.88 Å². The number of ether oxygens (including phenoxy) is 3. The number of methoxy groups -OCH3 is 1. The minimum absolute atomic E-state index is 0.143. The molecule has 1 saturated carbocycles. The zero-order valence-corrected chi connectivity index (χ0v) is 28.3. The standard InChI is InChI=1S/C38H49N3O6/c1-37(2,3)47-35(42)25-29(30-16-19-34(45-4)39-26-30)13-9-23-40(36(43)46-27-28-11-6-5-7-12-28)24-10-14-31-17-18-32-33(41(31)44)15-8-20-38(32)21-22-38/h5-7,11-12,16-19,26,29H,8-10,13-15,20-25,27H2,1-4H3/t29-/m0/s1. The van der Waals surface area contributed by atoms with E-state index in [0.29, 0.717) is 44.7 Å². The van der Waals surface area contributed by atoms with Crippen molar-refractivity contribution in [2.24, 2.45) is 0 Å². The predicted molar refractivity (Wildman–Crippen MR) is 179 cm³/mol. The molecule has 1 amide bonds. The lowest BCUT2D eigenvalue weighted by molar-refractivity contribution is -0.623. The van der Waals surface area contributed by atoms with E-state index in [4.69, 9.17) is 14.2 Å². The van der Waals surface area contributed by atoms with Gasteiger partial charge in [-0.05, 0) is 88.8 Å². The highest BCUT2D eigenvalue weighted by Gasteiger charge is 2.49. The molecule has 0 N–H and O–H groups in total. The zero-order valence-electron chi connectivity index (χ0n) is 28.3.